The van der Waals surface area contributed by atoms with Crippen LogP contribution in [0.25, 0.3) is 0 Å². The van der Waals surface area contributed by atoms with E-state index in [1.54, 1.807) is 11.3 Å². The van der Waals surface area contributed by atoms with Crippen LogP contribution in [0.4, 0.5) is 0 Å². The lowest BCUT2D eigenvalue weighted by atomic mass is 10.0. The number of aromatic nitrogens is 1. The van der Waals surface area contributed by atoms with Gasteiger partial charge in [0.15, 0.2) is 0 Å². The first-order valence-electron chi connectivity index (χ1n) is 6.14. The predicted octanol–water partition coefficient (Wildman–Crippen LogP) is 3.76. The van der Waals surface area contributed by atoms with Gasteiger partial charge in [-0.2, -0.15) is 0 Å². The summed E-state index contributed by atoms with van der Waals surface area (Å²) in [6.07, 6.45) is 3.32. The third kappa shape index (κ3) is 2.30. The molecule has 1 atom stereocenters. The molecule has 3 rings (SSSR count). The summed E-state index contributed by atoms with van der Waals surface area (Å²) in [4.78, 5) is 5.82. The molecule has 94 valence electrons. The molecule has 1 aliphatic rings. The van der Waals surface area contributed by atoms with Crippen LogP contribution in [0.15, 0.2) is 24.3 Å². The molecule has 1 aromatic heterocycles. The Morgan fingerprint density at radius 2 is 2.22 bits per heavy atom. The van der Waals surface area contributed by atoms with E-state index in [9.17, 15) is 5.11 Å². The number of hydrogen-bond acceptors (Lipinski definition) is 3. The molecule has 0 amide bonds. The summed E-state index contributed by atoms with van der Waals surface area (Å²) in [5.41, 5.74) is 1.99. The van der Waals surface area contributed by atoms with E-state index in [1.807, 2.05) is 24.3 Å². The predicted molar refractivity (Wildman–Crippen MR) is 74.3 cm³/mol. The van der Waals surface area contributed by atoms with Gasteiger partial charge >= 0.3 is 0 Å². The molecular formula is C14H14ClNOS. The molecule has 2 aromatic rings. The van der Waals surface area contributed by atoms with Gasteiger partial charge in [-0.15, -0.1) is 11.3 Å². The number of benzene rings is 1. The molecule has 4 heteroatoms. The van der Waals surface area contributed by atoms with Crippen LogP contribution in [0.3, 0.4) is 0 Å². The monoisotopic (exact) mass is 279 g/mol. The van der Waals surface area contributed by atoms with Crippen LogP contribution in [0, 0.1) is 0 Å². The van der Waals surface area contributed by atoms with Gasteiger partial charge in [-0.3, -0.25) is 0 Å². The molecule has 18 heavy (non-hydrogen) atoms. The first-order valence-corrected chi connectivity index (χ1v) is 7.33. The van der Waals surface area contributed by atoms with E-state index < -0.39 is 0 Å². The first kappa shape index (κ1) is 12.2. The standard InChI is InChI=1S/C14H14ClNOS/c15-10-5-2-1-4-9(10)8-13-16-14-11(17)6-3-7-12(14)18-13/h1-2,4-5,11,17H,3,6-8H2. The minimum Gasteiger partial charge on any atom is -0.387 e. The topological polar surface area (TPSA) is 33.1 Å². The summed E-state index contributed by atoms with van der Waals surface area (Å²) < 4.78 is 0. The smallest absolute Gasteiger partial charge is 0.0976 e. The van der Waals surface area contributed by atoms with Crippen molar-refractivity contribution < 1.29 is 5.11 Å². The molecule has 1 N–H and O–H groups in total. The van der Waals surface area contributed by atoms with Gasteiger partial charge in [0.1, 0.15) is 0 Å². The Bertz CT molecular complexity index is 567. The highest BCUT2D eigenvalue weighted by molar-refractivity contribution is 7.11. The van der Waals surface area contributed by atoms with Crippen molar-refractivity contribution in [3.8, 4) is 0 Å². The molecule has 1 aromatic carbocycles. The van der Waals surface area contributed by atoms with Crippen molar-refractivity contribution in [2.45, 2.75) is 31.8 Å². The summed E-state index contributed by atoms with van der Waals surface area (Å²) in [6.45, 7) is 0. The van der Waals surface area contributed by atoms with E-state index >= 15 is 0 Å². The van der Waals surface area contributed by atoms with Crippen LogP contribution in [0.2, 0.25) is 5.02 Å². The number of hydrogen-bond donors (Lipinski definition) is 1. The molecule has 0 saturated carbocycles. The van der Waals surface area contributed by atoms with Crippen LogP contribution in [-0.2, 0) is 12.8 Å². The van der Waals surface area contributed by atoms with Crippen molar-refractivity contribution in [1.29, 1.82) is 0 Å². The molecule has 0 aliphatic heterocycles. The number of aryl methyl sites for hydroxylation is 1. The second-order valence-corrected chi connectivity index (χ2v) is 6.17. The van der Waals surface area contributed by atoms with Gasteiger partial charge < -0.3 is 5.11 Å². The van der Waals surface area contributed by atoms with Crippen LogP contribution < -0.4 is 0 Å². The number of nitrogens with zero attached hydrogens (tertiary/aromatic N) is 1. The quantitative estimate of drug-likeness (QED) is 0.908. The third-order valence-corrected chi connectivity index (χ3v) is 4.77. The Hall–Kier alpha value is -0.900. The Morgan fingerprint density at radius 1 is 1.39 bits per heavy atom. The van der Waals surface area contributed by atoms with Crippen molar-refractivity contribution in [2.24, 2.45) is 0 Å². The lowest BCUT2D eigenvalue weighted by Crippen LogP contribution is -2.07. The number of aliphatic hydroxyl groups is 1. The van der Waals surface area contributed by atoms with E-state index in [1.165, 1.54) is 4.88 Å². The molecule has 1 aliphatic carbocycles. The fourth-order valence-electron chi connectivity index (χ4n) is 2.33. The van der Waals surface area contributed by atoms with Crippen molar-refractivity contribution >= 4 is 22.9 Å². The fraction of sp³-hybridized carbons (Fsp3) is 0.357. The fourth-order valence-corrected chi connectivity index (χ4v) is 3.72. The van der Waals surface area contributed by atoms with E-state index in [4.69, 9.17) is 11.6 Å². The maximum absolute atomic E-state index is 9.91. The molecule has 2 nitrogen and oxygen atoms in total. The third-order valence-electron chi connectivity index (χ3n) is 3.27. The van der Waals surface area contributed by atoms with Crippen molar-refractivity contribution in [3.05, 3.63) is 50.4 Å². The normalized spacial score (nSPS) is 18.7. The Balaban J connectivity index is 1.88. The summed E-state index contributed by atoms with van der Waals surface area (Å²) in [5.74, 6) is 0. The lowest BCUT2D eigenvalue weighted by molar-refractivity contribution is 0.153. The molecule has 0 fully saturated rings. The highest BCUT2D eigenvalue weighted by atomic mass is 35.5. The molecule has 0 spiro atoms. The van der Waals surface area contributed by atoms with E-state index in [0.717, 1.165) is 47.0 Å². The highest BCUT2D eigenvalue weighted by Gasteiger charge is 2.22. The van der Waals surface area contributed by atoms with Crippen LogP contribution in [0.1, 0.15) is 40.1 Å². The highest BCUT2D eigenvalue weighted by Crippen LogP contribution is 2.34. The maximum atomic E-state index is 9.91. The maximum Gasteiger partial charge on any atom is 0.0976 e. The molecule has 0 saturated heterocycles. The van der Waals surface area contributed by atoms with Crippen molar-refractivity contribution in [3.63, 3.8) is 0 Å². The largest absolute Gasteiger partial charge is 0.387 e. The number of aliphatic hydroxyl groups excluding tert-OH is 1. The first-order chi connectivity index (χ1) is 8.74. The Labute approximate surface area is 115 Å². The summed E-state index contributed by atoms with van der Waals surface area (Å²) in [6, 6.07) is 7.85. The molecule has 0 radical (unpaired) electrons. The SMILES string of the molecule is OC1CCCc2sc(Cc3ccccc3Cl)nc21. The second-order valence-electron chi connectivity index (χ2n) is 4.59. The van der Waals surface area contributed by atoms with Gasteiger partial charge in [0, 0.05) is 16.3 Å². The molecule has 1 unspecified atom stereocenters. The minimum absolute atomic E-state index is 0.370. The molecular weight excluding hydrogens is 266 g/mol. The number of fused-ring (bicyclic) bond motifs is 1. The molecule has 1 heterocycles. The van der Waals surface area contributed by atoms with Crippen LogP contribution >= 0.6 is 22.9 Å². The van der Waals surface area contributed by atoms with Gasteiger partial charge in [-0.1, -0.05) is 29.8 Å². The van der Waals surface area contributed by atoms with Crippen molar-refractivity contribution in [1.82, 2.24) is 4.98 Å². The second kappa shape index (κ2) is 5.00. The zero-order chi connectivity index (χ0) is 12.5. The Morgan fingerprint density at radius 3 is 3.00 bits per heavy atom. The van der Waals surface area contributed by atoms with Crippen LogP contribution in [0.5, 0.6) is 0 Å². The van der Waals surface area contributed by atoms with Gasteiger partial charge in [-0.05, 0) is 30.9 Å². The van der Waals surface area contributed by atoms with Crippen LogP contribution in [-0.4, -0.2) is 10.1 Å². The van der Waals surface area contributed by atoms with Gasteiger partial charge in [-0.25, -0.2) is 4.98 Å². The number of thiazole rings is 1. The average Bonchev–Trinajstić information content (AvgIpc) is 2.76. The van der Waals surface area contributed by atoms with Gasteiger partial charge in [0.2, 0.25) is 0 Å². The van der Waals surface area contributed by atoms with Gasteiger partial charge in [0.25, 0.3) is 0 Å². The van der Waals surface area contributed by atoms with E-state index in [2.05, 4.69) is 4.98 Å². The van der Waals surface area contributed by atoms with E-state index in [0.29, 0.717) is 0 Å². The minimum atomic E-state index is -0.370. The summed E-state index contributed by atoms with van der Waals surface area (Å²) in [7, 11) is 0. The molecule has 0 bridgehead atoms. The lowest BCUT2D eigenvalue weighted by Gasteiger charge is -2.14. The van der Waals surface area contributed by atoms with E-state index in [-0.39, 0.29) is 6.10 Å². The summed E-state index contributed by atoms with van der Waals surface area (Å²) >= 11 is 7.87. The number of rotatable bonds is 2. The zero-order valence-electron chi connectivity index (χ0n) is 9.90. The zero-order valence-corrected chi connectivity index (χ0v) is 11.5. The number of halogens is 1. The Kier molecular flexibility index (Phi) is 3.37. The van der Waals surface area contributed by atoms with Crippen molar-refractivity contribution in [2.75, 3.05) is 0 Å². The van der Waals surface area contributed by atoms with Gasteiger partial charge in [0.05, 0.1) is 16.8 Å². The summed E-state index contributed by atoms with van der Waals surface area (Å²) in [5, 5.41) is 11.7. The average molecular weight is 280 g/mol.